The molecule has 4 aromatic rings. The summed E-state index contributed by atoms with van der Waals surface area (Å²) in [6, 6.07) is 26.4. The number of nitrogens with one attached hydrogen (secondary N) is 1. The number of nitrogens with zero attached hydrogens (tertiary/aromatic N) is 4. The number of carbonyl (C=O) groups is 1. The minimum absolute atomic E-state index is 0.167. The van der Waals surface area contributed by atoms with Crippen LogP contribution >= 0.6 is 0 Å². The number of fused-ring (bicyclic) bond motifs is 1. The van der Waals surface area contributed by atoms with Gasteiger partial charge >= 0.3 is 0 Å². The minimum atomic E-state index is -0.705. The van der Waals surface area contributed by atoms with E-state index in [1.54, 1.807) is 14.0 Å². The average molecular weight is 874 g/mol. The first-order valence-electron chi connectivity index (χ1n) is 23.5. The number of ether oxygens (including phenoxy) is 1. The largest absolute Gasteiger partial charge is 0.391 e. The molecule has 2 aliphatic heterocycles. The number of Topliss-reactive ketones (excluding diaryl/α,β-unsaturated/α-hetero) is 1. The number of piperidine rings is 1. The highest BCUT2D eigenvalue weighted by Gasteiger charge is 2.38. The summed E-state index contributed by atoms with van der Waals surface area (Å²) >= 11 is 0. The van der Waals surface area contributed by atoms with E-state index in [4.69, 9.17) is 20.0 Å². The summed E-state index contributed by atoms with van der Waals surface area (Å²) < 4.78 is 5.34. The molecule has 3 fully saturated rings. The van der Waals surface area contributed by atoms with Crippen molar-refractivity contribution in [1.82, 2.24) is 20.2 Å². The Kier molecular flexibility index (Phi) is 26.9. The Morgan fingerprint density at radius 2 is 1.58 bits per heavy atom. The predicted octanol–water partition coefficient (Wildman–Crippen LogP) is 11.5. The van der Waals surface area contributed by atoms with Crippen LogP contribution in [0.2, 0.25) is 0 Å². The number of aliphatic hydroxyl groups excluding tert-OH is 2. The van der Waals surface area contributed by atoms with Crippen molar-refractivity contribution in [3.8, 4) is 17.3 Å². The molecule has 0 radical (unpaired) electrons. The number of benzene rings is 3. The SMILES string of the molecule is C1CC1.C=Cc1ccc2nc(/C=C/C=C(\CCC)CN3CCC(C)CC3)c(-c3ccccc3)nc2c1.CC.CC(C)=O.CNC1C(C#N)OC(C(C)O)C[C@@H]1O.Cc1ccccc1C. The number of likely N-dealkylation sites (tertiary alicyclic amines) is 1. The van der Waals surface area contributed by atoms with E-state index in [1.807, 2.05) is 62.4 Å². The highest BCUT2D eigenvalue weighted by atomic mass is 16.5. The van der Waals surface area contributed by atoms with Gasteiger partial charge in [-0.2, -0.15) is 5.26 Å². The van der Waals surface area contributed by atoms with E-state index in [9.17, 15) is 15.0 Å². The highest BCUT2D eigenvalue weighted by Crippen LogP contribution is 2.26. The first-order valence-corrected chi connectivity index (χ1v) is 23.5. The maximum atomic E-state index is 9.69. The average Bonchev–Trinajstić information content (AvgIpc) is 4.19. The Morgan fingerprint density at radius 3 is 2.08 bits per heavy atom. The zero-order valence-corrected chi connectivity index (χ0v) is 40.7. The second-order valence-electron chi connectivity index (χ2n) is 16.8. The van der Waals surface area contributed by atoms with E-state index < -0.39 is 24.4 Å². The van der Waals surface area contributed by atoms with Crippen LogP contribution < -0.4 is 5.32 Å². The zero-order valence-electron chi connectivity index (χ0n) is 40.7. The van der Waals surface area contributed by atoms with Crippen molar-refractivity contribution in [3.63, 3.8) is 0 Å². The minimum Gasteiger partial charge on any atom is -0.391 e. The molecule has 7 rings (SSSR count). The van der Waals surface area contributed by atoms with Gasteiger partial charge < -0.3 is 25.1 Å². The van der Waals surface area contributed by atoms with Crippen LogP contribution in [0.4, 0.5) is 0 Å². The van der Waals surface area contributed by atoms with E-state index >= 15 is 0 Å². The van der Waals surface area contributed by atoms with Gasteiger partial charge in [-0.25, -0.2) is 9.97 Å². The Morgan fingerprint density at radius 1 is 0.984 bits per heavy atom. The maximum absolute atomic E-state index is 9.69. The van der Waals surface area contributed by atoms with Gasteiger partial charge in [-0.3, -0.25) is 4.90 Å². The smallest absolute Gasteiger partial charge is 0.162 e. The molecule has 0 spiro atoms. The third-order valence-electron chi connectivity index (χ3n) is 10.8. The molecular weight excluding hydrogens is 795 g/mol. The van der Waals surface area contributed by atoms with Crippen molar-refractivity contribution in [2.45, 2.75) is 144 Å². The Bertz CT molecular complexity index is 2020. The quantitative estimate of drug-likeness (QED) is 0.133. The van der Waals surface area contributed by atoms with Gasteiger partial charge in [-0.05, 0) is 115 Å². The zero-order chi connectivity index (χ0) is 47.4. The van der Waals surface area contributed by atoms with Gasteiger partial charge in [-0.15, -0.1) is 0 Å². The third kappa shape index (κ3) is 20.8. The van der Waals surface area contributed by atoms with Gasteiger partial charge in [0, 0.05) is 18.5 Å². The Labute approximate surface area is 386 Å². The van der Waals surface area contributed by atoms with Crippen molar-refractivity contribution < 1.29 is 19.7 Å². The van der Waals surface area contributed by atoms with Crippen LogP contribution in [0, 0.1) is 31.1 Å². The van der Waals surface area contributed by atoms with Gasteiger partial charge in [0.15, 0.2) is 6.10 Å². The monoisotopic (exact) mass is 874 g/mol. The topological polar surface area (TPSA) is 132 Å². The standard InChI is InChI=1S/C30H35N3.C9H16N2O3.C8H10.C3H6O.C3H6.C2H6/c1-4-10-25(22-33-19-17-23(3)18-20-33)11-9-14-28-30(26-12-7-6-8-13-26)32-29-21-24(5-2)15-16-27(29)31-28;1-5(12)7-3-6(13)9(11-2)8(4-10)14-7;1-7-5-3-4-6-8(7)2;1-3(2)4;1-2-3-1;1-2/h5-9,11-16,21,23H,2,4,10,17-20,22H2,1,3H3;5-9,11-13H,3H2,1-2H3;3-6H,1-2H3;1-2H3;1-3H2;1-2H3/b14-9+,25-11+;;;;;/t;5?,6-,7?,8?,9?;;;;/m.0..../s1. The molecule has 1 aromatic heterocycles. The third-order valence-corrected chi connectivity index (χ3v) is 10.8. The molecular formula is C55H79N5O4. The summed E-state index contributed by atoms with van der Waals surface area (Å²) in [5.41, 5.74) is 9.98. The number of aryl methyl sites for hydroxylation is 2. The lowest BCUT2D eigenvalue weighted by Gasteiger charge is -2.37. The van der Waals surface area contributed by atoms with Gasteiger partial charge in [-0.1, -0.05) is 144 Å². The normalized spacial score (nSPS) is 19.8. The summed E-state index contributed by atoms with van der Waals surface area (Å²) in [5, 5.41) is 30.6. The summed E-state index contributed by atoms with van der Waals surface area (Å²) in [4.78, 5) is 22.0. The molecule has 3 heterocycles. The first-order chi connectivity index (χ1) is 30.8. The van der Waals surface area contributed by atoms with Crippen molar-refractivity contribution in [2.24, 2.45) is 5.92 Å². The maximum Gasteiger partial charge on any atom is 0.162 e. The summed E-state index contributed by atoms with van der Waals surface area (Å²) in [6.07, 6.45) is 15.7. The molecule has 5 atom stereocenters. The van der Waals surface area contributed by atoms with Crippen molar-refractivity contribution in [1.29, 1.82) is 5.26 Å². The van der Waals surface area contributed by atoms with Crippen molar-refractivity contribution in [2.75, 3.05) is 26.7 Å². The molecule has 4 unspecified atom stereocenters. The van der Waals surface area contributed by atoms with Crippen molar-refractivity contribution in [3.05, 3.63) is 119 Å². The molecule has 2 saturated heterocycles. The number of nitriles is 1. The molecule has 3 aliphatic rings. The summed E-state index contributed by atoms with van der Waals surface area (Å²) in [6.45, 7) is 24.9. The van der Waals surface area contributed by atoms with Crippen LogP contribution in [0.3, 0.4) is 0 Å². The fraction of sp³-hybridized carbons (Fsp3) is 0.491. The second-order valence-corrected chi connectivity index (χ2v) is 16.8. The van der Waals surface area contributed by atoms with Gasteiger partial charge in [0.1, 0.15) is 5.78 Å². The molecule has 0 bridgehead atoms. The number of aliphatic hydroxyl groups is 2. The molecule has 9 nitrogen and oxygen atoms in total. The van der Waals surface area contributed by atoms with Gasteiger partial charge in [0.2, 0.25) is 0 Å². The number of hydrogen-bond donors (Lipinski definition) is 3. The van der Waals surface area contributed by atoms with Crippen LogP contribution in [-0.2, 0) is 9.53 Å². The van der Waals surface area contributed by atoms with E-state index in [2.05, 4.69) is 99.1 Å². The van der Waals surface area contributed by atoms with Crippen LogP contribution in [0.15, 0.2) is 97.1 Å². The van der Waals surface area contributed by atoms with E-state index in [0.29, 0.717) is 6.42 Å². The first kappa shape index (κ1) is 55.3. The Hall–Kier alpha value is -4.82. The second kappa shape index (κ2) is 31.1. The summed E-state index contributed by atoms with van der Waals surface area (Å²) in [5.74, 6) is 1.03. The fourth-order valence-corrected chi connectivity index (χ4v) is 6.80. The van der Waals surface area contributed by atoms with Gasteiger partial charge in [0.25, 0.3) is 0 Å². The fourth-order valence-electron chi connectivity index (χ4n) is 6.80. The molecule has 1 aliphatic carbocycles. The van der Waals surface area contributed by atoms with Crippen LogP contribution in [0.25, 0.3) is 34.4 Å². The predicted molar refractivity (Wildman–Crippen MR) is 269 cm³/mol. The molecule has 0 amide bonds. The molecule has 3 aromatic carbocycles. The number of carbonyl (C=O) groups excluding carboxylic acids is 1. The van der Waals surface area contributed by atoms with Crippen LogP contribution in [0.1, 0.15) is 122 Å². The number of rotatable bonds is 10. The van der Waals surface area contributed by atoms with Gasteiger partial charge in [0.05, 0.1) is 52.8 Å². The summed E-state index contributed by atoms with van der Waals surface area (Å²) in [7, 11) is 1.67. The van der Waals surface area contributed by atoms with E-state index in [1.165, 1.54) is 82.2 Å². The number of allylic oxidation sites excluding steroid dienone is 2. The molecule has 348 valence electrons. The number of hydrogen-bond acceptors (Lipinski definition) is 9. The lowest BCUT2D eigenvalue weighted by atomic mass is 9.94. The number of ketones is 1. The number of aromatic nitrogens is 2. The van der Waals surface area contributed by atoms with E-state index in [-0.39, 0.29) is 11.8 Å². The van der Waals surface area contributed by atoms with Crippen LogP contribution in [0.5, 0.6) is 0 Å². The highest BCUT2D eigenvalue weighted by molar-refractivity contribution is 5.83. The Balaban J connectivity index is 0.000000368. The lowest BCUT2D eigenvalue weighted by molar-refractivity contribution is -0.130. The van der Waals surface area contributed by atoms with Crippen molar-refractivity contribution >= 4 is 29.0 Å². The molecule has 64 heavy (non-hydrogen) atoms. The molecule has 3 N–H and O–H groups in total. The van der Waals surface area contributed by atoms with E-state index in [0.717, 1.165) is 52.4 Å². The lowest BCUT2D eigenvalue weighted by Crippen LogP contribution is -2.55. The molecule has 9 heteroatoms. The molecule has 1 saturated carbocycles. The number of likely N-dealkylation sites (N-methyl/N-ethyl adjacent to an activating group) is 1. The van der Waals surface area contributed by atoms with Crippen LogP contribution in [-0.4, -0.2) is 88.0 Å².